The molecule has 0 atom stereocenters. The minimum atomic E-state index is -3.35. The summed E-state index contributed by atoms with van der Waals surface area (Å²) in [5.74, 6) is 0.393. The molecule has 0 saturated heterocycles. The number of nitrogens with zero attached hydrogens (tertiary/aromatic N) is 2. The molecule has 0 fully saturated rings. The smallest absolute Gasteiger partial charge is 0.209 e. The Labute approximate surface area is 84.8 Å². The first kappa shape index (κ1) is 10.9. The molecule has 0 aliphatic heterocycles. The predicted molar refractivity (Wildman–Crippen MR) is 53.3 cm³/mol. The van der Waals surface area contributed by atoms with Crippen LogP contribution >= 0.6 is 23.1 Å². The summed E-state index contributed by atoms with van der Waals surface area (Å²) in [6, 6.07) is 0. The van der Waals surface area contributed by atoms with Crippen molar-refractivity contribution in [3.05, 3.63) is 5.01 Å². The number of thioether (sulfide) groups is 1. The Morgan fingerprint density at radius 3 is 2.69 bits per heavy atom. The summed E-state index contributed by atoms with van der Waals surface area (Å²) in [6.07, 6.45) is 0. The maximum Gasteiger partial charge on any atom is 0.209 e. The van der Waals surface area contributed by atoms with Gasteiger partial charge in [-0.05, 0) is 6.92 Å². The average Bonchev–Trinajstić information content (AvgIpc) is 2.33. The van der Waals surface area contributed by atoms with E-state index < -0.39 is 10.0 Å². The van der Waals surface area contributed by atoms with E-state index in [4.69, 9.17) is 5.14 Å². The second-order valence-corrected chi connectivity index (χ2v) is 6.56. The summed E-state index contributed by atoms with van der Waals surface area (Å²) in [5, 5.41) is 13.3. The molecule has 5 nitrogen and oxygen atoms in total. The fraction of sp³-hybridized carbons (Fsp3) is 0.600. The highest BCUT2D eigenvalue weighted by Gasteiger charge is 2.05. The van der Waals surface area contributed by atoms with E-state index in [0.29, 0.717) is 5.75 Å². The summed E-state index contributed by atoms with van der Waals surface area (Å²) in [7, 11) is -3.35. The van der Waals surface area contributed by atoms with Gasteiger partial charge in [0.25, 0.3) is 0 Å². The van der Waals surface area contributed by atoms with Gasteiger partial charge in [0.05, 0.1) is 5.75 Å². The van der Waals surface area contributed by atoms with Crippen LogP contribution in [0.1, 0.15) is 5.01 Å². The molecule has 74 valence electrons. The van der Waals surface area contributed by atoms with Crippen LogP contribution in [0.5, 0.6) is 0 Å². The quantitative estimate of drug-likeness (QED) is 0.760. The Balaban J connectivity index is 2.36. The fourth-order valence-electron chi connectivity index (χ4n) is 0.582. The SMILES string of the molecule is Cc1nnc(SCCS(N)(=O)=O)s1. The van der Waals surface area contributed by atoms with Gasteiger partial charge in [-0.1, -0.05) is 23.1 Å². The molecular formula is C5H9N3O2S3. The number of nitrogens with two attached hydrogens (primary N) is 1. The normalized spacial score (nSPS) is 11.8. The van der Waals surface area contributed by atoms with E-state index in [1.165, 1.54) is 23.1 Å². The Morgan fingerprint density at radius 2 is 2.23 bits per heavy atom. The Morgan fingerprint density at radius 1 is 1.54 bits per heavy atom. The number of aryl methyl sites for hydroxylation is 1. The fourth-order valence-corrected chi connectivity index (χ4v) is 3.38. The molecule has 0 bridgehead atoms. The standard InChI is InChI=1S/C5H9N3O2S3/c1-4-7-8-5(12-4)11-2-3-13(6,9)10/h2-3H2,1H3,(H2,6,9,10). The van der Waals surface area contributed by atoms with Crippen LogP contribution in [0.25, 0.3) is 0 Å². The van der Waals surface area contributed by atoms with Crippen molar-refractivity contribution in [2.75, 3.05) is 11.5 Å². The first-order chi connectivity index (χ1) is 5.97. The van der Waals surface area contributed by atoms with Crippen molar-refractivity contribution in [1.82, 2.24) is 10.2 Å². The lowest BCUT2D eigenvalue weighted by Crippen LogP contribution is -2.17. The summed E-state index contributed by atoms with van der Waals surface area (Å²) in [5.41, 5.74) is 0. The van der Waals surface area contributed by atoms with Crippen molar-refractivity contribution >= 4 is 33.1 Å². The Bertz CT molecular complexity index is 372. The van der Waals surface area contributed by atoms with Crippen LogP contribution in [0.3, 0.4) is 0 Å². The predicted octanol–water partition coefficient (Wildman–Crippen LogP) is 0.227. The van der Waals surface area contributed by atoms with E-state index in [1.807, 2.05) is 6.92 Å². The molecule has 0 unspecified atom stereocenters. The molecule has 1 aromatic heterocycles. The van der Waals surface area contributed by atoms with E-state index >= 15 is 0 Å². The highest BCUT2D eigenvalue weighted by molar-refractivity contribution is 8.02. The molecule has 1 heterocycles. The number of hydrogen-bond donors (Lipinski definition) is 1. The van der Waals surface area contributed by atoms with Gasteiger partial charge < -0.3 is 0 Å². The van der Waals surface area contributed by atoms with E-state index in [2.05, 4.69) is 10.2 Å². The zero-order valence-corrected chi connectivity index (χ0v) is 9.38. The molecule has 1 aromatic rings. The Hall–Kier alpha value is -0.180. The molecule has 0 amide bonds. The van der Waals surface area contributed by atoms with E-state index in [-0.39, 0.29) is 5.75 Å². The third-order valence-corrected chi connectivity index (χ3v) is 4.11. The minimum Gasteiger partial charge on any atom is -0.229 e. The van der Waals surface area contributed by atoms with Crippen LogP contribution in [-0.4, -0.2) is 30.1 Å². The zero-order chi connectivity index (χ0) is 9.90. The van der Waals surface area contributed by atoms with Gasteiger partial charge in [0.2, 0.25) is 10.0 Å². The number of hydrogen-bond acceptors (Lipinski definition) is 6. The first-order valence-electron chi connectivity index (χ1n) is 3.41. The topological polar surface area (TPSA) is 85.9 Å². The van der Waals surface area contributed by atoms with Crippen LogP contribution < -0.4 is 5.14 Å². The molecular weight excluding hydrogens is 230 g/mol. The molecule has 0 radical (unpaired) electrons. The summed E-state index contributed by atoms with van der Waals surface area (Å²) >= 11 is 2.80. The van der Waals surface area contributed by atoms with Crippen molar-refractivity contribution < 1.29 is 8.42 Å². The van der Waals surface area contributed by atoms with Gasteiger partial charge >= 0.3 is 0 Å². The molecule has 13 heavy (non-hydrogen) atoms. The molecule has 0 aliphatic carbocycles. The summed E-state index contributed by atoms with van der Waals surface area (Å²) in [4.78, 5) is 0. The largest absolute Gasteiger partial charge is 0.229 e. The maximum atomic E-state index is 10.6. The van der Waals surface area contributed by atoms with E-state index in [9.17, 15) is 8.42 Å². The van der Waals surface area contributed by atoms with Gasteiger partial charge in [0.1, 0.15) is 5.01 Å². The minimum absolute atomic E-state index is 0.0315. The number of rotatable bonds is 4. The molecule has 0 aliphatic rings. The third kappa shape index (κ3) is 4.55. The van der Waals surface area contributed by atoms with Crippen molar-refractivity contribution in [1.29, 1.82) is 0 Å². The number of primary sulfonamides is 1. The van der Waals surface area contributed by atoms with Gasteiger partial charge in [-0.15, -0.1) is 10.2 Å². The zero-order valence-electron chi connectivity index (χ0n) is 6.93. The Kier molecular flexibility index (Phi) is 3.65. The van der Waals surface area contributed by atoms with Crippen LogP contribution in [0, 0.1) is 6.92 Å². The number of sulfonamides is 1. The van der Waals surface area contributed by atoms with E-state index in [1.54, 1.807) is 0 Å². The van der Waals surface area contributed by atoms with Gasteiger partial charge in [-0.2, -0.15) is 0 Å². The van der Waals surface area contributed by atoms with Crippen molar-refractivity contribution in [2.24, 2.45) is 5.14 Å². The molecule has 2 N–H and O–H groups in total. The molecule has 0 spiro atoms. The third-order valence-electron chi connectivity index (χ3n) is 1.10. The van der Waals surface area contributed by atoms with Gasteiger partial charge in [0, 0.05) is 5.75 Å². The van der Waals surface area contributed by atoms with Crippen LogP contribution in [0.4, 0.5) is 0 Å². The number of aromatic nitrogens is 2. The second-order valence-electron chi connectivity index (χ2n) is 2.30. The monoisotopic (exact) mass is 239 g/mol. The van der Waals surface area contributed by atoms with Crippen molar-refractivity contribution in [3.63, 3.8) is 0 Å². The van der Waals surface area contributed by atoms with Gasteiger partial charge in [0.15, 0.2) is 4.34 Å². The summed E-state index contributed by atoms with van der Waals surface area (Å²) in [6.45, 7) is 1.85. The molecule has 1 rings (SSSR count). The van der Waals surface area contributed by atoms with Crippen LogP contribution in [-0.2, 0) is 10.0 Å². The highest BCUT2D eigenvalue weighted by atomic mass is 32.2. The molecule has 0 aromatic carbocycles. The lowest BCUT2D eigenvalue weighted by atomic mass is 10.9. The summed E-state index contributed by atoms with van der Waals surface area (Å²) < 4.78 is 21.9. The van der Waals surface area contributed by atoms with Gasteiger partial charge in [-0.25, -0.2) is 13.6 Å². The van der Waals surface area contributed by atoms with Crippen molar-refractivity contribution in [3.8, 4) is 0 Å². The van der Waals surface area contributed by atoms with Crippen LogP contribution in [0.15, 0.2) is 4.34 Å². The lowest BCUT2D eigenvalue weighted by Gasteiger charge is -1.94. The first-order valence-corrected chi connectivity index (χ1v) is 6.92. The van der Waals surface area contributed by atoms with Crippen molar-refractivity contribution in [2.45, 2.75) is 11.3 Å². The molecule has 0 saturated carbocycles. The lowest BCUT2D eigenvalue weighted by molar-refractivity contribution is 0.599. The second kappa shape index (κ2) is 4.36. The van der Waals surface area contributed by atoms with Crippen LogP contribution in [0.2, 0.25) is 0 Å². The van der Waals surface area contributed by atoms with Gasteiger partial charge in [-0.3, -0.25) is 0 Å². The van der Waals surface area contributed by atoms with E-state index in [0.717, 1.165) is 9.35 Å². The molecule has 8 heteroatoms. The maximum absolute atomic E-state index is 10.6. The highest BCUT2D eigenvalue weighted by Crippen LogP contribution is 2.21. The average molecular weight is 239 g/mol.